The number of nitrogens with two attached hydrogens (primary N) is 1. The van der Waals surface area contributed by atoms with Crippen LogP contribution in [0.4, 0.5) is 0 Å². The Morgan fingerprint density at radius 1 is 1.18 bits per heavy atom. The van der Waals surface area contributed by atoms with Gasteiger partial charge >= 0.3 is 0 Å². The fourth-order valence-electron chi connectivity index (χ4n) is 3.56. The lowest BCUT2D eigenvalue weighted by molar-refractivity contribution is -0.301. The Morgan fingerprint density at radius 3 is 2.48 bits per heavy atom. The number of carboxylic acids is 1. The Kier molecular flexibility index (Phi) is 10.1. The number of hydrogen-bond donors (Lipinski definition) is 4. The largest absolute Gasteiger partial charge is 0.549 e. The number of carbonyl (C=O) groups is 5. The van der Waals surface area contributed by atoms with Crippen molar-refractivity contribution in [3.05, 3.63) is 35.9 Å². The highest BCUT2D eigenvalue weighted by atomic mass is 32.2. The first kappa shape index (κ1) is 26.1. The van der Waals surface area contributed by atoms with Crippen molar-refractivity contribution in [3.8, 4) is 0 Å². The fraction of sp³-hybridized carbons (Fsp3) is 0.476. The number of rotatable bonds is 11. The van der Waals surface area contributed by atoms with E-state index in [-0.39, 0.29) is 30.9 Å². The van der Waals surface area contributed by atoms with E-state index in [1.54, 1.807) is 24.3 Å². The van der Waals surface area contributed by atoms with Gasteiger partial charge in [0, 0.05) is 24.8 Å². The Labute approximate surface area is 195 Å². The summed E-state index contributed by atoms with van der Waals surface area (Å²) in [6.07, 6.45) is 0.565. The summed E-state index contributed by atoms with van der Waals surface area (Å²) >= 11 is 0.851. The number of carbonyl (C=O) groups excluding carboxylic acids is 5. The van der Waals surface area contributed by atoms with Gasteiger partial charge in [-0.3, -0.25) is 19.2 Å². The third kappa shape index (κ3) is 8.39. The van der Waals surface area contributed by atoms with Gasteiger partial charge in [0.1, 0.15) is 18.7 Å². The molecular weight excluding hydrogens is 452 g/mol. The summed E-state index contributed by atoms with van der Waals surface area (Å²) in [6.45, 7) is -0.588. The lowest BCUT2D eigenvalue weighted by Gasteiger charge is -2.39. The van der Waals surface area contributed by atoms with E-state index in [1.807, 2.05) is 6.07 Å². The second kappa shape index (κ2) is 12.8. The summed E-state index contributed by atoms with van der Waals surface area (Å²) in [7, 11) is 0. The molecule has 1 saturated heterocycles. The monoisotopic (exact) mass is 479 g/mol. The van der Waals surface area contributed by atoms with Crippen LogP contribution in [0, 0.1) is 0 Å². The van der Waals surface area contributed by atoms with E-state index in [9.17, 15) is 29.1 Å². The van der Waals surface area contributed by atoms with Crippen LogP contribution in [-0.2, 0) is 30.4 Å². The lowest BCUT2D eigenvalue weighted by Crippen LogP contribution is -2.60. The summed E-state index contributed by atoms with van der Waals surface area (Å²) in [5.74, 6) is -4.26. The maximum Gasteiger partial charge on any atom is 0.245 e. The number of benzene rings is 1. The number of aliphatic carboxylic acids is 1. The van der Waals surface area contributed by atoms with E-state index in [4.69, 9.17) is 10.8 Å². The zero-order chi connectivity index (χ0) is 24.4. The highest BCUT2D eigenvalue weighted by molar-refractivity contribution is 8.00. The van der Waals surface area contributed by atoms with Crippen LogP contribution in [0.2, 0.25) is 0 Å². The minimum atomic E-state index is -1.31. The Morgan fingerprint density at radius 2 is 1.88 bits per heavy atom. The van der Waals surface area contributed by atoms with Gasteiger partial charge in [-0.25, -0.2) is 0 Å². The molecule has 0 unspecified atom stereocenters. The van der Waals surface area contributed by atoms with Gasteiger partial charge in [0.2, 0.25) is 23.6 Å². The molecule has 1 aliphatic rings. The molecule has 0 aromatic heterocycles. The predicted octanol–water partition coefficient (Wildman–Crippen LogP) is -2.85. The number of nitrogens with one attached hydrogen (secondary N) is 2. The number of aliphatic hydroxyl groups excluding tert-OH is 1. The first-order valence-corrected chi connectivity index (χ1v) is 11.5. The first-order chi connectivity index (χ1) is 15.7. The number of piperidine rings is 1. The molecular formula is C21H27N4O7S-. The van der Waals surface area contributed by atoms with Crippen LogP contribution in [0.5, 0.6) is 0 Å². The third-order valence-corrected chi connectivity index (χ3v) is 6.01. The van der Waals surface area contributed by atoms with E-state index in [2.05, 4.69) is 10.6 Å². The quantitative estimate of drug-likeness (QED) is 0.261. The molecule has 1 aromatic carbocycles. The molecule has 3 atom stereocenters. The standard InChI is InChI=1S/C21H28N4O7S/c22-20(31)15(8-13-4-2-1-3-5-13)24-21(32)16-9-14(23-17(27)10-26)6-7-25(16)18(28)11-33-12-19(29)30/h1-5,14-16,26H,6-12H2,(H2,22,31)(H,23,27)(H,24,32)(H,29,30)/p-1/t14-,15+,16-/m0/s1. The highest BCUT2D eigenvalue weighted by Crippen LogP contribution is 2.20. The number of thioether (sulfide) groups is 1. The molecule has 4 amide bonds. The van der Waals surface area contributed by atoms with Crippen molar-refractivity contribution in [1.29, 1.82) is 0 Å². The molecule has 0 saturated carbocycles. The molecule has 0 aliphatic carbocycles. The van der Waals surface area contributed by atoms with Crippen molar-refractivity contribution >= 4 is 41.4 Å². The van der Waals surface area contributed by atoms with Gasteiger partial charge in [0.15, 0.2) is 0 Å². The number of aliphatic hydroxyl groups is 1. The van der Waals surface area contributed by atoms with Gasteiger partial charge in [0.05, 0.1) is 11.7 Å². The van der Waals surface area contributed by atoms with E-state index in [0.717, 1.165) is 17.3 Å². The fourth-order valence-corrected chi connectivity index (χ4v) is 4.17. The molecule has 0 spiro atoms. The van der Waals surface area contributed by atoms with E-state index >= 15 is 0 Å². The molecule has 1 heterocycles. The van der Waals surface area contributed by atoms with Crippen LogP contribution in [0.25, 0.3) is 0 Å². The summed E-state index contributed by atoms with van der Waals surface area (Å²) in [4.78, 5) is 61.3. The van der Waals surface area contributed by atoms with Crippen molar-refractivity contribution in [2.75, 3.05) is 24.7 Å². The second-order valence-corrected chi connectivity index (χ2v) is 8.55. The zero-order valence-electron chi connectivity index (χ0n) is 17.9. The molecule has 12 heteroatoms. The van der Waals surface area contributed by atoms with Crippen molar-refractivity contribution < 1.29 is 34.2 Å². The highest BCUT2D eigenvalue weighted by Gasteiger charge is 2.37. The number of hydrogen-bond acceptors (Lipinski definition) is 8. The molecule has 11 nitrogen and oxygen atoms in total. The van der Waals surface area contributed by atoms with Gasteiger partial charge < -0.3 is 36.3 Å². The number of carboxylic acid groups (broad SMARTS) is 1. The summed E-state index contributed by atoms with van der Waals surface area (Å²) in [6, 6.07) is 6.45. The zero-order valence-corrected chi connectivity index (χ0v) is 18.7. The summed E-state index contributed by atoms with van der Waals surface area (Å²) < 4.78 is 0. The second-order valence-electron chi connectivity index (χ2n) is 7.57. The number of primary amides is 1. The number of amides is 4. The number of nitrogens with zero attached hydrogens (tertiary/aromatic N) is 1. The predicted molar refractivity (Wildman–Crippen MR) is 117 cm³/mol. The van der Waals surface area contributed by atoms with Crippen LogP contribution < -0.4 is 21.5 Å². The molecule has 0 bridgehead atoms. The Hall–Kier alpha value is -3.12. The topological polar surface area (TPSA) is 182 Å². The smallest absolute Gasteiger partial charge is 0.245 e. The molecule has 1 aromatic rings. The first-order valence-electron chi connectivity index (χ1n) is 10.3. The number of likely N-dealkylation sites (tertiary alicyclic amines) is 1. The Bertz CT molecular complexity index is 867. The van der Waals surface area contributed by atoms with Crippen LogP contribution >= 0.6 is 11.8 Å². The molecule has 33 heavy (non-hydrogen) atoms. The van der Waals surface area contributed by atoms with Crippen molar-refractivity contribution in [3.63, 3.8) is 0 Å². The van der Waals surface area contributed by atoms with E-state index < -0.39 is 54.3 Å². The molecule has 2 rings (SSSR count). The van der Waals surface area contributed by atoms with E-state index in [1.165, 1.54) is 4.90 Å². The van der Waals surface area contributed by atoms with Crippen LogP contribution in [0.15, 0.2) is 30.3 Å². The normalized spacial score (nSPS) is 18.8. The lowest BCUT2D eigenvalue weighted by atomic mass is 9.95. The SMILES string of the molecule is NC(=O)[C@@H](Cc1ccccc1)NC(=O)[C@@H]1C[C@@H](NC(=O)CO)CCN1C(=O)CSCC(=O)[O-]. The van der Waals surface area contributed by atoms with Gasteiger partial charge in [-0.1, -0.05) is 30.3 Å². The van der Waals surface area contributed by atoms with Crippen molar-refractivity contribution in [1.82, 2.24) is 15.5 Å². The average molecular weight is 480 g/mol. The average Bonchev–Trinajstić information content (AvgIpc) is 2.78. The minimum Gasteiger partial charge on any atom is -0.549 e. The summed E-state index contributed by atoms with van der Waals surface area (Å²) in [5.41, 5.74) is 6.26. The van der Waals surface area contributed by atoms with Gasteiger partial charge in [-0.15, -0.1) is 11.8 Å². The van der Waals surface area contributed by atoms with Crippen molar-refractivity contribution in [2.24, 2.45) is 5.73 Å². The molecule has 180 valence electrons. The van der Waals surface area contributed by atoms with Crippen LogP contribution in [0.1, 0.15) is 18.4 Å². The van der Waals surface area contributed by atoms with Gasteiger partial charge in [-0.2, -0.15) is 0 Å². The molecule has 5 N–H and O–H groups in total. The molecule has 1 fully saturated rings. The maximum absolute atomic E-state index is 13.1. The minimum absolute atomic E-state index is 0.0608. The van der Waals surface area contributed by atoms with Gasteiger partial charge in [-0.05, 0) is 18.4 Å². The van der Waals surface area contributed by atoms with E-state index in [0.29, 0.717) is 6.42 Å². The van der Waals surface area contributed by atoms with Crippen LogP contribution in [0.3, 0.4) is 0 Å². The van der Waals surface area contributed by atoms with Crippen LogP contribution in [-0.4, -0.2) is 82.4 Å². The summed E-state index contributed by atoms with van der Waals surface area (Å²) in [5, 5.41) is 24.8. The van der Waals surface area contributed by atoms with Crippen molar-refractivity contribution in [2.45, 2.75) is 37.4 Å². The maximum atomic E-state index is 13.1. The third-order valence-electron chi connectivity index (χ3n) is 5.12. The van der Waals surface area contributed by atoms with Gasteiger partial charge in [0.25, 0.3) is 0 Å². The Balaban J connectivity index is 2.14. The molecule has 0 radical (unpaired) electrons. The molecule has 1 aliphatic heterocycles.